The number of benzene rings is 1. The molecule has 1 heterocycles. The lowest BCUT2D eigenvalue weighted by molar-refractivity contribution is -0.191. The summed E-state index contributed by atoms with van der Waals surface area (Å²) in [5.74, 6) is 0.898. The van der Waals surface area contributed by atoms with Crippen LogP contribution in [0, 0.1) is 6.92 Å². The van der Waals surface area contributed by atoms with Crippen LogP contribution in [0.3, 0.4) is 0 Å². The third-order valence-electron chi connectivity index (χ3n) is 4.04. The second-order valence-electron chi connectivity index (χ2n) is 6.13. The van der Waals surface area contributed by atoms with Gasteiger partial charge in [0.1, 0.15) is 5.75 Å². The van der Waals surface area contributed by atoms with Crippen LogP contribution in [0.4, 0.5) is 0 Å². The molecule has 2 rings (SSSR count). The maximum atomic E-state index is 8.12. The van der Waals surface area contributed by atoms with E-state index in [-0.39, 0.29) is 24.5 Å². The largest absolute Gasteiger partial charge is 0.494 e. The van der Waals surface area contributed by atoms with Crippen LogP contribution in [-0.2, 0) is 18.9 Å². The predicted octanol–water partition coefficient (Wildman–Crippen LogP) is 2.11. The minimum Gasteiger partial charge on any atom is -0.494 e. The molecule has 0 saturated carbocycles. The summed E-state index contributed by atoms with van der Waals surface area (Å²) in [6, 6.07) is 6.10. The Balaban J connectivity index is 0.000000745. The first-order chi connectivity index (χ1) is 10.2. The first kappa shape index (κ1) is 18.4. The summed E-state index contributed by atoms with van der Waals surface area (Å²) < 4.78 is 17.7. The summed E-state index contributed by atoms with van der Waals surface area (Å²) in [6.45, 7) is 12.9. The Morgan fingerprint density at radius 2 is 1.64 bits per heavy atom. The van der Waals surface area contributed by atoms with Crippen molar-refractivity contribution in [2.45, 2.75) is 52.7 Å². The van der Waals surface area contributed by atoms with Gasteiger partial charge in [-0.2, -0.15) is 9.59 Å². The van der Waals surface area contributed by atoms with Gasteiger partial charge in [0, 0.05) is 0 Å². The fourth-order valence-corrected chi connectivity index (χ4v) is 2.05. The van der Waals surface area contributed by atoms with Crippen LogP contribution in [0.25, 0.3) is 0 Å². The summed E-state index contributed by atoms with van der Waals surface area (Å²) in [7, 11) is -0.329. The van der Waals surface area contributed by atoms with Crippen molar-refractivity contribution in [3.8, 4) is 5.75 Å². The van der Waals surface area contributed by atoms with Gasteiger partial charge in [0.2, 0.25) is 0 Å². The smallest absolute Gasteiger partial charge is 0.494 e. The van der Waals surface area contributed by atoms with Crippen LogP contribution in [0.2, 0.25) is 0 Å². The second-order valence-corrected chi connectivity index (χ2v) is 6.13. The minimum atomic E-state index is -0.329. The molecular formula is C16H23BO5. The van der Waals surface area contributed by atoms with Crippen LogP contribution in [-0.4, -0.2) is 31.1 Å². The normalized spacial score (nSPS) is 18.2. The van der Waals surface area contributed by atoms with Crippen molar-refractivity contribution >= 4 is 18.7 Å². The molecule has 0 atom stereocenters. The van der Waals surface area contributed by atoms with E-state index in [1.807, 2.05) is 32.0 Å². The Labute approximate surface area is 132 Å². The van der Waals surface area contributed by atoms with Crippen molar-refractivity contribution < 1.29 is 23.6 Å². The fourth-order valence-electron chi connectivity index (χ4n) is 2.05. The van der Waals surface area contributed by atoms with E-state index < -0.39 is 0 Å². The maximum Gasteiger partial charge on any atom is 0.494 e. The second kappa shape index (κ2) is 7.10. The third-order valence-corrected chi connectivity index (χ3v) is 4.04. The van der Waals surface area contributed by atoms with Crippen LogP contribution in [0.5, 0.6) is 5.75 Å². The Bertz CT molecular complexity index is 531. The van der Waals surface area contributed by atoms with Gasteiger partial charge in [-0.25, -0.2) is 0 Å². The summed E-state index contributed by atoms with van der Waals surface area (Å²) in [4.78, 5) is 16.2. The van der Waals surface area contributed by atoms with Crippen LogP contribution >= 0.6 is 0 Å². The first-order valence-corrected chi connectivity index (χ1v) is 7.26. The number of aryl methyl sites for hydroxylation is 1. The van der Waals surface area contributed by atoms with E-state index in [0.717, 1.165) is 16.8 Å². The van der Waals surface area contributed by atoms with Crippen molar-refractivity contribution in [1.82, 2.24) is 0 Å². The number of rotatable bonds is 3. The highest BCUT2D eigenvalue weighted by Gasteiger charge is 2.51. The zero-order chi connectivity index (χ0) is 17.0. The zero-order valence-corrected chi connectivity index (χ0v) is 14.1. The Morgan fingerprint density at radius 3 is 2.09 bits per heavy atom. The predicted molar refractivity (Wildman–Crippen MR) is 83.1 cm³/mol. The zero-order valence-electron chi connectivity index (χ0n) is 14.1. The van der Waals surface area contributed by atoms with E-state index in [0.29, 0.717) is 6.61 Å². The van der Waals surface area contributed by atoms with Crippen LogP contribution < -0.4 is 10.2 Å². The first-order valence-electron chi connectivity index (χ1n) is 7.26. The molecule has 1 aromatic rings. The van der Waals surface area contributed by atoms with Gasteiger partial charge in [0.05, 0.1) is 17.8 Å². The maximum absolute atomic E-state index is 8.12. The monoisotopic (exact) mass is 306 g/mol. The molecule has 1 saturated heterocycles. The van der Waals surface area contributed by atoms with Gasteiger partial charge in [0.15, 0.2) is 0 Å². The molecular weight excluding hydrogens is 283 g/mol. The molecule has 1 fully saturated rings. The molecule has 0 N–H and O–H groups in total. The number of ether oxygens (including phenoxy) is 1. The molecule has 0 unspecified atom stereocenters. The summed E-state index contributed by atoms with van der Waals surface area (Å²) >= 11 is 0. The molecule has 22 heavy (non-hydrogen) atoms. The average molecular weight is 306 g/mol. The van der Waals surface area contributed by atoms with Crippen LogP contribution in [0.1, 0.15) is 40.2 Å². The molecule has 5 nitrogen and oxygen atoms in total. The van der Waals surface area contributed by atoms with E-state index in [4.69, 9.17) is 23.6 Å². The van der Waals surface area contributed by atoms with E-state index in [1.54, 1.807) is 0 Å². The molecule has 120 valence electrons. The lowest BCUT2D eigenvalue weighted by Gasteiger charge is -2.32. The van der Waals surface area contributed by atoms with Crippen LogP contribution in [0.15, 0.2) is 18.2 Å². The van der Waals surface area contributed by atoms with Crippen molar-refractivity contribution in [1.29, 1.82) is 0 Å². The van der Waals surface area contributed by atoms with Crippen molar-refractivity contribution in [2.75, 3.05) is 6.61 Å². The van der Waals surface area contributed by atoms with Gasteiger partial charge in [-0.1, -0.05) is 12.1 Å². The Morgan fingerprint density at radius 1 is 1.14 bits per heavy atom. The van der Waals surface area contributed by atoms with Gasteiger partial charge < -0.3 is 14.0 Å². The SMILES string of the molecule is CCOc1cc(B2OC(C)(C)C(C)(C)O2)ccc1C.O=C=O. The van der Waals surface area contributed by atoms with Gasteiger partial charge >= 0.3 is 13.3 Å². The standard InChI is InChI=1S/C15H23BO3.CO2/c1-7-17-13-10-12(9-8-11(13)2)16-18-14(3,4)15(5,6)19-16;2-1-3/h8-10H,7H2,1-6H3;. The molecule has 1 aromatic carbocycles. The quantitative estimate of drug-likeness (QED) is 0.800. The molecule has 0 amide bonds. The van der Waals surface area contributed by atoms with Gasteiger partial charge in [-0.05, 0) is 58.6 Å². The van der Waals surface area contributed by atoms with Gasteiger partial charge in [-0.15, -0.1) is 0 Å². The Hall–Kier alpha value is -1.62. The Kier molecular flexibility index (Phi) is 5.95. The highest BCUT2D eigenvalue weighted by Crippen LogP contribution is 2.36. The van der Waals surface area contributed by atoms with Gasteiger partial charge in [-0.3, -0.25) is 0 Å². The van der Waals surface area contributed by atoms with Gasteiger partial charge in [0.25, 0.3) is 0 Å². The van der Waals surface area contributed by atoms with E-state index in [1.165, 1.54) is 0 Å². The molecule has 0 bridgehead atoms. The summed E-state index contributed by atoms with van der Waals surface area (Å²) in [6.07, 6.45) is 0.250. The molecule has 0 aliphatic carbocycles. The molecule has 6 heteroatoms. The average Bonchev–Trinajstić information content (AvgIpc) is 2.62. The highest BCUT2D eigenvalue weighted by molar-refractivity contribution is 6.62. The highest BCUT2D eigenvalue weighted by atomic mass is 16.7. The lowest BCUT2D eigenvalue weighted by atomic mass is 9.78. The summed E-state index contributed by atoms with van der Waals surface area (Å²) in [5, 5.41) is 0. The number of carbonyl (C=O) groups excluding carboxylic acids is 2. The lowest BCUT2D eigenvalue weighted by Crippen LogP contribution is -2.41. The fraction of sp³-hybridized carbons (Fsp3) is 0.562. The van der Waals surface area contributed by atoms with Crippen molar-refractivity contribution in [2.24, 2.45) is 0 Å². The van der Waals surface area contributed by atoms with E-state index in [2.05, 4.69) is 27.7 Å². The number of hydrogen-bond donors (Lipinski definition) is 0. The molecule has 0 spiro atoms. The van der Waals surface area contributed by atoms with Crippen molar-refractivity contribution in [3.63, 3.8) is 0 Å². The summed E-state index contributed by atoms with van der Waals surface area (Å²) in [5.41, 5.74) is 1.51. The molecule has 0 radical (unpaired) electrons. The molecule has 0 aromatic heterocycles. The van der Waals surface area contributed by atoms with Crippen molar-refractivity contribution in [3.05, 3.63) is 23.8 Å². The topological polar surface area (TPSA) is 61.8 Å². The third kappa shape index (κ3) is 3.98. The van der Waals surface area contributed by atoms with E-state index in [9.17, 15) is 0 Å². The minimum absolute atomic E-state index is 0.250. The molecule has 1 aliphatic heterocycles. The van der Waals surface area contributed by atoms with E-state index >= 15 is 0 Å². The molecule has 1 aliphatic rings. The number of hydrogen-bond acceptors (Lipinski definition) is 5.